The molecular formula is C77H138Br3ClN20Na2O18. The molecule has 5 aliphatic rings. The molecule has 1 atom stereocenters. The fourth-order valence-electron chi connectivity index (χ4n) is 10.4. The Morgan fingerprint density at radius 1 is 0.554 bits per heavy atom. The standard InChI is InChI=1S/C13H22N2O4.C12H18BrN3O2.C11H16BrN3O2.C11H18N4O2.C11H16N2O3.C9H12BrN3O.C5H11NO2.C2H4.3CH4.ClH.H4N2.2Na.2H2O.H/c1-5-18-11(16)7-10-15(9-6-8-14)12(17)19-13(2,3)4;1-12(2,3)18-11(17)16-6-5-9-8(7-16)10(13)14-15(9)4;2*1-11(2,3)17-10(16)15-5-4-8-7(6-15)9(12)14-13-8;1-11(2,3)16-10(15)13-5-4-9(14)8(6-12)7-13;1-6(14)13-4-3-8-7(5-13)9(10)11-12(8)2;1-2-8-5(7)3-4-6;1-2;;;;;1-2;;;;;/h5-7,9-10H2,1-4H3;5-7H2,1-4H3;4-6H2,1-3H3,(H,13,14);4-6H2,1-3H3,(H3,12,13,14);8H,4-5,7H2,1-3H3;3-5H2,1-2H3;2-4,6H2,1H3;1-2H2;3*1H4;1H;1-2H2;;;2*1H2;/q;;;;;;;;;;;;;2*+1;;;-1/p-1. The normalized spacial score (nSPS) is 13.6. The van der Waals surface area contributed by atoms with Gasteiger partial charge in [0.05, 0.1) is 70.8 Å². The number of hydrogen-bond donors (Lipinski definition) is 6. The van der Waals surface area contributed by atoms with Gasteiger partial charge >= 0.3 is 102 Å². The summed E-state index contributed by atoms with van der Waals surface area (Å²) in [4.78, 5) is 113. The maximum absolute atomic E-state index is 12.0. The zero-order valence-corrected chi connectivity index (χ0v) is 82.4. The number of fused-ring (bicyclic) bond motifs is 4. The molecule has 9 rings (SSSR count). The number of hydrazine groups is 1. The Labute approximate surface area is 793 Å². The quantitative estimate of drug-likeness (QED) is 0.0292. The second-order valence-electron chi connectivity index (χ2n) is 30.5. The molecule has 5 aliphatic heterocycles. The van der Waals surface area contributed by atoms with E-state index in [0.29, 0.717) is 84.4 Å². The number of nitrogens with zero attached hydrogens (tertiary/aromatic N) is 14. The van der Waals surface area contributed by atoms with Gasteiger partial charge in [0, 0.05) is 157 Å². The van der Waals surface area contributed by atoms with Gasteiger partial charge in [0.15, 0.2) is 5.78 Å². The molecule has 44 heteroatoms. The first-order valence-electron chi connectivity index (χ1n) is 36.8. The van der Waals surface area contributed by atoms with Gasteiger partial charge in [-0.05, 0) is 165 Å². The van der Waals surface area contributed by atoms with E-state index >= 15 is 0 Å². The number of aryl methyl sites for hydroxylation is 2. The van der Waals surface area contributed by atoms with E-state index in [1.54, 1.807) is 77.0 Å². The van der Waals surface area contributed by atoms with Crippen LogP contribution in [0.2, 0.25) is 0 Å². The average molecular weight is 1950 g/mol. The molecule has 1 unspecified atom stereocenters. The van der Waals surface area contributed by atoms with Crippen molar-refractivity contribution in [2.45, 2.75) is 252 Å². The second-order valence-corrected chi connectivity index (χ2v) is 32.7. The van der Waals surface area contributed by atoms with Gasteiger partial charge < -0.3 is 86.4 Å². The first-order valence-corrected chi connectivity index (χ1v) is 39.1. The molecule has 684 valence electrons. The number of halogens is 4. The van der Waals surface area contributed by atoms with E-state index in [4.69, 9.17) is 50.4 Å². The molecule has 0 aliphatic carbocycles. The number of esters is 2. The number of carbonyl (C=O) groups is 9. The maximum Gasteiger partial charge on any atom is 1.00 e. The van der Waals surface area contributed by atoms with Crippen LogP contribution in [0.1, 0.15) is 219 Å². The summed E-state index contributed by atoms with van der Waals surface area (Å²) in [6, 6.07) is 3.87. The predicted molar refractivity (Wildman–Crippen MR) is 467 cm³/mol. The number of amides is 6. The van der Waals surface area contributed by atoms with Gasteiger partial charge in [-0.3, -0.25) is 50.4 Å². The number of aromatic amines is 2. The van der Waals surface area contributed by atoms with E-state index in [-0.39, 0.29) is 187 Å². The second kappa shape index (κ2) is 62.4. The van der Waals surface area contributed by atoms with Crippen LogP contribution in [0.15, 0.2) is 27.0 Å². The van der Waals surface area contributed by atoms with Gasteiger partial charge in [-0.25, -0.2) is 24.0 Å². The molecule has 1 fully saturated rings. The largest absolute Gasteiger partial charge is 1.00 e. The number of Topliss-reactive ketones (excluding diaryl/α,β-unsaturated/α-hetero) is 1. The zero-order chi connectivity index (χ0) is 86.7. The summed E-state index contributed by atoms with van der Waals surface area (Å²) in [5, 5.41) is 39.8. The molecule has 0 spiro atoms. The number of piperidine rings is 1. The summed E-state index contributed by atoms with van der Waals surface area (Å²) < 4.78 is 42.0. The summed E-state index contributed by atoms with van der Waals surface area (Å²) in [5.74, 6) is 7.21. The van der Waals surface area contributed by atoms with Crippen molar-refractivity contribution in [2.75, 3.05) is 77.9 Å². The number of hydrogen-bond acceptors (Lipinski definition) is 27. The number of H-pyrrole nitrogens is 2. The molecule has 38 nitrogen and oxygen atoms in total. The molecule has 0 aromatic carbocycles. The number of nitrogens with one attached hydrogen (secondary N) is 2. The number of nitrogen functional groups attached to an aromatic ring is 1. The van der Waals surface area contributed by atoms with E-state index in [1.807, 2.05) is 103 Å². The summed E-state index contributed by atoms with van der Waals surface area (Å²) in [7, 11) is 3.86. The number of rotatable bonds is 9. The van der Waals surface area contributed by atoms with Gasteiger partial charge in [0.2, 0.25) is 5.91 Å². The van der Waals surface area contributed by atoms with Crippen molar-refractivity contribution >= 4 is 120 Å². The summed E-state index contributed by atoms with van der Waals surface area (Å²) in [6.07, 6.45) is 2.27. The number of likely N-dealkylation sites (tertiary alicyclic amines) is 1. The summed E-state index contributed by atoms with van der Waals surface area (Å²) in [5.41, 5.74) is 16.9. The van der Waals surface area contributed by atoms with Crippen molar-refractivity contribution in [1.82, 2.24) is 69.4 Å². The molecule has 4 aromatic heterocycles. The molecule has 6 amide bonds. The van der Waals surface area contributed by atoms with Crippen LogP contribution in [0.3, 0.4) is 0 Å². The van der Waals surface area contributed by atoms with E-state index < -0.39 is 46.1 Å². The molecule has 1 saturated heterocycles. The number of ether oxygens (including phenoxy) is 7. The minimum atomic E-state index is -0.707. The van der Waals surface area contributed by atoms with Crippen molar-refractivity contribution in [2.24, 2.45) is 37.4 Å². The molecular weight excluding hydrogens is 1810 g/mol. The van der Waals surface area contributed by atoms with Gasteiger partial charge in [0.25, 0.3) is 0 Å². The molecule has 121 heavy (non-hydrogen) atoms. The Balaban J connectivity index is -0.000000172. The van der Waals surface area contributed by atoms with Crippen molar-refractivity contribution in [3.63, 3.8) is 0 Å². The number of nitriles is 2. The van der Waals surface area contributed by atoms with E-state index in [2.05, 4.69) is 108 Å². The minimum Gasteiger partial charge on any atom is -1.00 e. The van der Waals surface area contributed by atoms with Gasteiger partial charge in [-0.1, -0.05) is 22.3 Å². The molecule has 0 saturated carbocycles. The van der Waals surface area contributed by atoms with E-state index in [1.165, 1.54) is 21.2 Å². The minimum absolute atomic E-state index is 0. The van der Waals surface area contributed by atoms with Crippen molar-refractivity contribution < 1.29 is 148 Å². The van der Waals surface area contributed by atoms with Crippen LogP contribution in [-0.4, -0.2) is 235 Å². The Bertz CT molecular complexity index is 3780. The number of aromatic nitrogens is 8. The number of carbonyl (C=O) groups excluding carboxylic acids is 9. The predicted octanol–water partition coefficient (Wildman–Crippen LogP) is 5.71. The van der Waals surface area contributed by atoms with Crippen LogP contribution < -0.4 is 82.3 Å². The monoisotopic (exact) mass is 1950 g/mol. The third kappa shape index (κ3) is 49.0. The van der Waals surface area contributed by atoms with Crippen molar-refractivity contribution in [3.8, 4) is 12.1 Å². The Morgan fingerprint density at radius 3 is 1.28 bits per heavy atom. The first kappa shape index (κ1) is 130. The topological polar surface area (TPSA) is 544 Å². The van der Waals surface area contributed by atoms with Crippen LogP contribution in [0, 0.1) is 28.6 Å². The molecule has 0 radical (unpaired) electrons. The molecule has 9 heterocycles. The van der Waals surface area contributed by atoms with Crippen molar-refractivity contribution in [3.05, 3.63) is 72.0 Å². The van der Waals surface area contributed by atoms with Crippen LogP contribution in [0.4, 0.5) is 29.8 Å². The molecule has 4 aromatic rings. The third-order valence-electron chi connectivity index (χ3n) is 15.6. The smallest absolute Gasteiger partial charge is 1.00 e. The Hall–Kier alpha value is -6.68. The van der Waals surface area contributed by atoms with Gasteiger partial charge in [-0.2, -0.15) is 30.9 Å². The van der Waals surface area contributed by atoms with Crippen molar-refractivity contribution in [1.29, 1.82) is 10.5 Å². The number of nitrogens with two attached hydrogens (primary N) is 4. The first-order chi connectivity index (χ1) is 52.5. The summed E-state index contributed by atoms with van der Waals surface area (Å²) in [6.45, 7) is 45.6. The SMILES string of the molecule is C.C.C.C=C.CC(=O)N1CCc2c(c(Br)nn2C)C1.CC(C)(C)OC(=O)N1CCC(=O)C(C#N)C1.CC(C)(C)OC(=O)N1CCc2[nH]nc(Br)c2C1.CC(C)(C)OC(=O)N1CCc2[nH]nc(N)c2C1.CCOC(=O)CCN.CCOC(=O)CCN(CCC#N)C(=O)OC(C)(C)C.Cl.Cn1nc(Br)c2c1CCN(C(=O)OC(C)(C)C)C2.NN.O.[H-].[Na+].[Na+].[OH-]. The van der Waals surface area contributed by atoms with Crippen LogP contribution >= 0.6 is 60.2 Å². The van der Waals surface area contributed by atoms with E-state index in [0.717, 1.165) is 79.7 Å². The molecule has 0 bridgehead atoms. The van der Waals surface area contributed by atoms with Crippen LogP contribution in [-0.2, 0) is 118 Å². The van der Waals surface area contributed by atoms with E-state index in [9.17, 15) is 43.2 Å². The fourth-order valence-corrected chi connectivity index (χ4v) is 12.1. The van der Waals surface area contributed by atoms with Gasteiger partial charge in [-0.15, -0.1) is 25.6 Å². The van der Waals surface area contributed by atoms with Gasteiger partial charge in [0.1, 0.15) is 53.6 Å². The number of ketones is 1. The Morgan fingerprint density at radius 2 is 0.901 bits per heavy atom. The van der Waals surface area contributed by atoms with Crippen LogP contribution in [0.5, 0.6) is 0 Å². The third-order valence-corrected chi connectivity index (χ3v) is 17.5. The summed E-state index contributed by atoms with van der Waals surface area (Å²) >= 11 is 10.2. The molecule has 13 N–H and O–H groups in total. The zero-order valence-electron chi connectivity index (χ0n) is 73.8. The van der Waals surface area contributed by atoms with Crippen LogP contribution in [0.25, 0.3) is 0 Å². The number of anilines is 1. The average Bonchev–Trinajstić information content (AvgIpc) is 2.65. The maximum atomic E-state index is 12.0. The fraction of sp³-hybridized carbons (Fsp3) is 0.675. The Kier molecular flexibility index (Phi) is 67.0.